The minimum absolute atomic E-state index is 0.0193. The summed E-state index contributed by atoms with van der Waals surface area (Å²) in [5.74, 6) is -0.0623. The van der Waals surface area contributed by atoms with Crippen molar-refractivity contribution in [2.75, 3.05) is 11.5 Å². The Balaban J connectivity index is 1.46. The molecule has 1 aromatic carbocycles. The molecule has 31 heavy (non-hydrogen) atoms. The average molecular weight is 458 g/mol. The Morgan fingerprint density at radius 3 is 2.58 bits per heavy atom. The van der Waals surface area contributed by atoms with Gasteiger partial charge in [-0.1, -0.05) is 30.3 Å². The first-order valence-corrected chi connectivity index (χ1v) is 13.0. The Kier molecular flexibility index (Phi) is 4.97. The predicted molar refractivity (Wildman–Crippen MR) is 121 cm³/mol. The molecule has 7 nitrogen and oxygen atoms in total. The number of carbonyl (C=O) groups excluding carboxylic acids is 1. The summed E-state index contributed by atoms with van der Waals surface area (Å²) < 4.78 is 25.2. The van der Waals surface area contributed by atoms with Gasteiger partial charge in [0.2, 0.25) is 5.91 Å². The van der Waals surface area contributed by atoms with Gasteiger partial charge < -0.3 is 4.90 Å². The molecule has 0 N–H and O–H groups in total. The van der Waals surface area contributed by atoms with Crippen LogP contribution in [0.3, 0.4) is 0 Å². The summed E-state index contributed by atoms with van der Waals surface area (Å²) in [6, 6.07) is 9.67. The van der Waals surface area contributed by atoms with Crippen molar-refractivity contribution in [1.82, 2.24) is 14.5 Å². The topological polar surface area (TPSA) is 89.3 Å². The highest BCUT2D eigenvalue weighted by molar-refractivity contribution is 7.91. The van der Waals surface area contributed by atoms with Gasteiger partial charge in [0.05, 0.1) is 23.2 Å². The minimum atomic E-state index is -3.09. The second kappa shape index (κ2) is 7.56. The van der Waals surface area contributed by atoms with Gasteiger partial charge in [0.25, 0.3) is 5.56 Å². The van der Waals surface area contributed by atoms with Crippen molar-refractivity contribution < 1.29 is 13.2 Å². The molecule has 0 unspecified atom stereocenters. The zero-order chi connectivity index (χ0) is 21.8. The maximum Gasteiger partial charge on any atom is 0.262 e. The largest absolute Gasteiger partial charge is 0.334 e. The number of hydrogen-bond acceptors (Lipinski definition) is 6. The van der Waals surface area contributed by atoms with Crippen molar-refractivity contribution in [2.45, 2.75) is 44.8 Å². The number of fused-ring (bicyclic) bond motifs is 1. The molecule has 3 heterocycles. The Morgan fingerprint density at radius 2 is 1.94 bits per heavy atom. The van der Waals surface area contributed by atoms with Crippen LogP contribution in [0.1, 0.15) is 24.8 Å². The van der Waals surface area contributed by atoms with E-state index >= 15 is 0 Å². The molecule has 1 amide bonds. The number of hydrogen-bond donors (Lipinski definition) is 0. The van der Waals surface area contributed by atoms with E-state index in [0.29, 0.717) is 16.6 Å². The highest BCUT2D eigenvalue weighted by Crippen LogP contribution is 2.35. The summed E-state index contributed by atoms with van der Waals surface area (Å²) in [7, 11) is -3.09. The van der Waals surface area contributed by atoms with Crippen molar-refractivity contribution >= 4 is 37.3 Å². The lowest BCUT2D eigenvalue weighted by atomic mass is 10.1. The summed E-state index contributed by atoms with van der Waals surface area (Å²) in [6.45, 7) is 1.79. The van der Waals surface area contributed by atoms with E-state index < -0.39 is 9.84 Å². The van der Waals surface area contributed by atoms with Crippen LogP contribution in [0.4, 0.5) is 0 Å². The van der Waals surface area contributed by atoms with E-state index in [0.717, 1.165) is 28.8 Å². The number of aromatic nitrogens is 2. The predicted octanol–water partition coefficient (Wildman–Crippen LogP) is 2.61. The number of rotatable bonds is 5. The van der Waals surface area contributed by atoms with Gasteiger partial charge in [-0.05, 0) is 37.3 Å². The zero-order valence-electron chi connectivity index (χ0n) is 17.2. The molecule has 5 rings (SSSR count). The number of amides is 1. The highest BCUT2D eigenvalue weighted by atomic mass is 32.2. The third-order valence-corrected chi connectivity index (χ3v) is 9.09. The van der Waals surface area contributed by atoms with Gasteiger partial charge in [-0.25, -0.2) is 13.4 Å². The Labute approximate surface area is 184 Å². The van der Waals surface area contributed by atoms with E-state index in [1.54, 1.807) is 4.90 Å². The van der Waals surface area contributed by atoms with Crippen LogP contribution in [0.15, 0.2) is 41.5 Å². The molecule has 3 aromatic rings. The monoisotopic (exact) mass is 457 g/mol. The number of carbonyl (C=O) groups is 1. The number of thiophene rings is 1. The molecule has 0 bridgehead atoms. The van der Waals surface area contributed by atoms with Crippen LogP contribution in [0.5, 0.6) is 0 Å². The van der Waals surface area contributed by atoms with Gasteiger partial charge in [0, 0.05) is 17.0 Å². The fourth-order valence-corrected chi connectivity index (χ4v) is 7.27. The lowest BCUT2D eigenvalue weighted by Crippen LogP contribution is -2.45. The smallest absolute Gasteiger partial charge is 0.262 e. The lowest BCUT2D eigenvalue weighted by molar-refractivity contribution is -0.134. The van der Waals surface area contributed by atoms with Crippen LogP contribution in [-0.2, 0) is 21.2 Å². The molecule has 0 spiro atoms. The number of nitrogens with zero attached hydrogens (tertiary/aromatic N) is 3. The SMILES string of the molecule is Cc1c(-c2ccccc2)sc2ncn(CC(=O)N(C3CC3)[C@@H]3CCS(=O)(=O)C3)c(=O)c12. The summed E-state index contributed by atoms with van der Waals surface area (Å²) in [4.78, 5) is 34.2. The Morgan fingerprint density at radius 1 is 1.19 bits per heavy atom. The highest BCUT2D eigenvalue weighted by Gasteiger charge is 2.42. The molecule has 2 fully saturated rings. The first-order chi connectivity index (χ1) is 14.8. The molecular weight excluding hydrogens is 434 g/mol. The van der Waals surface area contributed by atoms with Crippen molar-refractivity contribution in [3.63, 3.8) is 0 Å². The zero-order valence-corrected chi connectivity index (χ0v) is 18.8. The van der Waals surface area contributed by atoms with E-state index in [9.17, 15) is 18.0 Å². The van der Waals surface area contributed by atoms with Crippen molar-refractivity contribution in [1.29, 1.82) is 0 Å². The molecule has 1 saturated heterocycles. The molecule has 1 saturated carbocycles. The summed E-state index contributed by atoms with van der Waals surface area (Å²) in [5, 5.41) is 0.542. The molecule has 1 aliphatic heterocycles. The van der Waals surface area contributed by atoms with Crippen LogP contribution in [-0.4, -0.2) is 52.4 Å². The van der Waals surface area contributed by atoms with Crippen LogP contribution in [0.25, 0.3) is 20.7 Å². The molecule has 2 aliphatic rings. The van der Waals surface area contributed by atoms with Crippen LogP contribution >= 0.6 is 11.3 Å². The van der Waals surface area contributed by atoms with E-state index in [2.05, 4.69) is 4.98 Å². The number of sulfone groups is 1. The minimum Gasteiger partial charge on any atom is -0.334 e. The summed E-state index contributed by atoms with van der Waals surface area (Å²) in [5.41, 5.74) is 1.67. The second-order valence-electron chi connectivity index (χ2n) is 8.37. The van der Waals surface area contributed by atoms with Gasteiger partial charge in [-0.3, -0.25) is 14.2 Å². The molecule has 1 aliphatic carbocycles. The molecule has 162 valence electrons. The summed E-state index contributed by atoms with van der Waals surface area (Å²) in [6.07, 6.45) is 3.68. The third-order valence-electron chi connectivity index (χ3n) is 6.09. The second-order valence-corrected chi connectivity index (χ2v) is 11.6. The third kappa shape index (κ3) is 3.80. The van der Waals surface area contributed by atoms with Crippen LogP contribution in [0.2, 0.25) is 0 Å². The van der Waals surface area contributed by atoms with Crippen molar-refractivity contribution in [2.24, 2.45) is 0 Å². The van der Waals surface area contributed by atoms with Gasteiger partial charge in [-0.15, -0.1) is 11.3 Å². The van der Waals surface area contributed by atoms with Gasteiger partial charge >= 0.3 is 0 Å². The van der Waals surface area contributed by atoms with Crippen LogP contribution < -0.4 is 5.56 Å². The van der Waals surface area contributed by atoms with Gasteiger partial charge in [0.15, 0.2) is 9.84 Å². The first-order valence-electron chi connectivity index (χ1n) is 10.4. The molecule has 1 atom stereocenters. The van der Waals surface area contributed by atoms with Crippen molar-refractivity contribution in [3.05, 3.63) is 52.6 Å². The van der Waals surface area contributed by atoms with E-state index in [-0.39, 0.29) is 41.6 Å². The van der Waals surface area contributed by atoms with E-state index in [1.165, 1.54) is 22.2 Å². The molecule has 0 radical (unpaired) electrons. The lowest BCUT2D eigenvalue weighted by Gasteiger charge is -2.28. The standard InChI is InChI=1S/C22H23N3O4S2/c1-14-19-21(30-20(14)15-5-3-2-4-6-15)23-13-24(22(19)27)11-18(26)25(16-7-8-16)17-9-10-31(28,29)12-17/h2-6,13,16-17H,7-12H2,1H3/t17-/m1/s1. The summed E-state index contributed by atoms with van der Waals surface area (Å²) >= 11 is 1.47. The Bertz CT molecular complexity index is 1320. The maximum absolute atomic E-state index is 13.2. The van der Waals surface area contributed by atoms with Gasteiger partial charge in [-0.2, -0.15) is 0 Å². The van der Waals surface area contributed by atoms with E-state index in [4.69, 9.17) is 0 Å². The van der Waals surface area contributed by atoms with Crippen molar-refractivity contribution in [3.8, 4) is 10.4 Å². The average Bonchev–Trinajstić information content (AvgIpc) is 3.42. The Hall–Kier alpha value is -2.52. The quantitative estimate of drug-likeness (QED) is 0.588. The molecule has 2 aromatic heterocycles. The van der Waals surface area contributed by atoms with E-state index in [1.807, 2.05) is 37.3 Å². The van der Waals surface area contributed by atoms with Crippen LogP contribution in [0, 0.1) is 6.92 Å². The molecule has 9 heteroatoms. The fraction of sp³-hybridized carbons (Fsp3) is 0.409. The maximum atomic E-state index is 13.2. The number of aryl methyl sites for hydroxylation is 1. The molecular formula is C22H23N3O4S2. The normalized spacial score (nSPS) is 20.2. The van der Waals surface area contributed by atoms with Gasteiger partial charge in [0.1, 0.15) is 11.4 Å². The number of benzene rings is 1. The first kappa shape index (κ1) is 20.4. The fourth-order valence-electron chi connectivity index (χ4n) is 4.42.